The lowest BCUT2D eigenvalue weighted by atomic mass is 10.0. The Balaban J connectivity index is 1.05. The van der Waals surface area contributed by atoms with Gasteiger partial charge in [0.1, 0.15) is 11.2 Å². The van der Waals surface area contributed by atoms with Crippen molar-refractivity contribution in [1.82, 2.24) is 19.5 Å². The van der Waals surface area contributed by atoms with Crippen LogP contribution >= 0.6 is 0 Å². The molecule has 0 saturated heterocycles. The van der Waals surface area contributed by atoms with Crippen molar-refractivity contribution in [3.05, 3.63) is 194 Å². The van der Waals surface area contributed by atoms with Crippen molar-refractivity contribution in [2.45, 2.75) is 0 Å². The molecule has 0 atom stereocenters. The van der Waals surface area contributed by atoms with E-state index >= 15 is 0 Å². The van der Waals surface area contributed by atoms with Crippen LogP contribution < -0.4 is 0 Å². The number of hydrogen-bond donors (Lipinski definition) is 0. The highest BCUT2D eigenvalue weighted by molar-refractivity contribution is 6.22. The second kappa shape index (κ2) is 12.7. The Morgan fingerprint density at radius 2 is 0.883 bits per heavy atom. The van der Waals surface area contributed by atoms with E-state index in [0.717, 1.165) is 87.7 Å². The second-order valence-corrected chi connectivity index (χ2v) is 15.6. The molecule has 0 bridgehead atoms. The largest absolute Gasteiger partial charge is 0.456 e. The van der Waals surface area contributed by atoms with Gasteiger partial charge in [-0.3, -0.25) is 0 Å². The fraction of sp³-hybridized carbons (Fsp3) is 0. The molecule has 278 valence electrons. The Bertz CT molecular complexity index is 3810. The van der Waals surface area contributed by atoms with Gasteiger partial charge in [0, 0.05) is 49.7 Å². The van der Waals surface area contributed by atoms with Crippen molar-refractivity contribution in [2.24, 2.45) is 0 Å². The third-order valence-corrected chi connectivity index (χ3v) is 12.2. The summed E-state index contributed by atoms with van der Waals surface area (Å²) in [5.41, 5.74) is 7.84. The van der Waals surface area contributed by atoms with Crippen LogP contribution in [-0.2, 0) is 0 Å². The topological polar surface area (TPSA) is 56.7 Å². The highest BCUT2D eigenvalue weighted by Crippen LogP contribution is 2.43. The third kappa shape index (κ3) is 4.90. The van der Waals surface area contributed by atoms with Gasteiger partial charge in [-0.2, -0.15) is 0 Å². The first kappa shape index (κ1) is 32.9. The van der Waals surface area contributed by atoms with Gasteiger partial charge in [0.2, 0.25) is 0 Å². The van der Waals surface area contributed by atoms with Crippen LogP contribution in [0.5, 0.6) is 0 Å². The van der Waals surface area contributed by atoms with E-state index in [2.05, 4.69) is 199 Å². The summed E-state index contributed by atoms with van der Waals surface area (Å²) in [5, 5.41) is 13.7. The van der Waals surface area contributed by atoms with Gasteiger partial charge in [0.05, 0.1) is 16.7 Å². The molecule has 0 spiro atoms. The monoisotopic (exact) mass is 764 g/mol. The molecule has 5 nitrogen and oxygen atoms in total. The number of rotatable bonds is 4. The van der Waals surface area contributed by atoms with Gasteiger partial charge in [0.25, 0.3) is 0 Å². The van der Waals surface area contributed by atoms with E-state index in [-0.39, 0.29) is 0 Å². The van der Waals surface area contributed by atoms with E-state index < -0.39 is 0 Å². The average Bonchev–Trinajstić information content (AvgIpc) is 3.84. The van der Waals surface area contributed by atoms with Crippen molar-refractivity contribution in [2.75, 3.05) is 0 Å². The standard InChI is InChI=1S/C55H32N4O/c1-2-16-36-31-48-45(29-35(36)15-1)41-22-9-10-26-47(41)59(48)49-32-51-52(42-23-8-7-21-40(42)49)46-30-37(27-28-50(46)60-51)53-56-54(43-24-11-17-33-13-3-5-19-38(33)43)58-55(57-53)44-25-12-18-34-14-4-6-20-39(34)44/h1-32H. The van der Waals surface area contributed by atoms with Gasteiger partial charge in [-0.25, -0.2) is 15.0 Å². The smallest absolute Gasteiger partial charge is 0.164 e. The lowest BCUT2D eigenvalue weighted by molar-refractivity contribution is 0.669. The molecule has 0 fully saturated rings. The molecule has 0 amide bonds. The van der Waals surface area contributed by atoms with Crippen LogP contribution in [-0.4, -0.2) is 19.5 Å². The molecule has 3 aromatic heterocycles. The molecule has 0 radical (unpaired) electrons. The minimum absolute atomic E-state index is 0.602. The summed E-state index contributed by atoms with van der Waals surface area (Å²) >= 11 is 0. The van der Waals surface area contributed by atoms with Crippen LogP contribution in [0.25, 0.3) is 127 Å². The Kier molecular flexibility index (Phi) is 6.95. The van der Waals surface area contributed by atoms with Gasteiger partial charge in [-0.15, -0.1) is 0 Å². The summed E-state index contributed by atoms with van der Waals surface area (Å²) in [6.45, 7) is 0. The molecule has 0 saturated carbocycles. The van der Waals surface area contributed by atoms with E-state index in [1.54, 1.807) is 0 Å². The summed E-state index contributed by atoms with van der Waals surface area (Å²) in [5.74, 6) is 1.86. The fourth-order valence-corrected chi connectivity index (χ4v) is 9.45. The lowest BCUT2D eigenvalue weighted by Crippen LogP contribution is -2.01. The summed E-state index contributed by atoms with van der Waals surface area (Å²) < 4.78 is 9.21. The molecule has 0 aliphatic rings. The molecule has 0 aliphatic carbocycles. The fourth-order valence-electron chi connectivity index (χ4n) is 9.45. The van der Waals surface area contributed by atoms with Crippen molar-refractivity contribution in [3.8, 4) is 39.9 Å². The molecule has 3 heterocycles. The minimum atomic E-state index is 0.602. The van der Waals surface area contributed by atoms with Crippen molar-refractivity contribution >= 4 is 86.8 Å². The third-order valence-electron chi connectivity index (χ3n) is 12.2. The first-order valence-corrected chi connectivity index (χ1v) is 20.3. The van der Waals surface area contributed by atoms with Gasteiger partial charge in [-0.05, 0) is 74.1 Å². The van der Waals surface area contributed by atoms with E-state index in [0.29, 0.717) is 17.5 Å². The van der Waals surface area contributed by atoms with Crippen LogP contribution in [0.4, 0.5) is 0 Å². The maximum atomic E-state index is 6.80. The van der Waals surface area contributed by atoms with Crippen LogP contribution in [0.1, 0.15) is 0 Å². The van der Waals surface area contributed by atoms with E-state index in [9.17, 15) is 0 Å². The van der Waals surface area contributed by atoms with Gasteiger partial charge in [0.15, 0.2) is 17.5 Å². The lowest BCUT2D eigenvalue weighted by Gasteiger charge is -2.13. The summed E-state index contributed by atoms with van der Waals surface area (Å²) in [6, 6.07) is 68.6. The quantitative estimate of drug-likeness (QED) is 0.179. The first-order chi connectivity index (χ1) is 29.7. The summed E-state index contributed by atoms with van der Waals surface area (Å²) in [7, 11) is 0. The molecule has 0 aliphatic heterocycles. The Labute approximate surface area is 343 Å². The summed E-state index contributed by atoms with van der Waals surface area (Å²) in [6.07, 6.45) is 0. The van der Waals surface area contributed by atoms with Gasteiger partial charge < -0.3 is 8.98 Å². The normalized spacial score (nSPS) is 12.0. The van der Waals surface area contributed by atoms with E-state index in [1.807, 2.05) is 0 Å². The number of benzene rings is 10. The average molecular weight is 765 g/mol. The SMILES string of the molecule is c1ccc2cc3c(cc2c1)c1ccccc1n3-c1cc2oc3ccc(-c4nc(-c5cccc6ccccc56)nc(-c5cccc6ccccc56)n4)cc3c2c2ccccc12. The molecule has 10 aromatic carbocycles. The van der Waals surface area contributed by atoms with Crippen LogP contribution in [0.2, 0.25) is 0 Å². The first-order valence-electron chi connectivity index (χ1n) is 20.3. The maximum absolute atomic E-state index is 6.80. The van der Waals surface area contributed by atoms with Gasteiger partial charge >= 0.3 is 0 Å². The van der Waals surface area contributed by atoms with Crippen LogP contribution in [0.15, 0.2) is 199 Å². The predicted molar refractivity (Wildman–Crippen MR) is 248 cm³/mol. The molecule has 60 heavy (non-hydrogen) atoms. The van der Waals surface area contributed by atoms with E-state index in [4.69, 9.17) is 19.4 Å². The number of nitrogens with zero attached hydrogens (tertiary/aromatic N) is 4. The summed E-state index contributed by atoms with van der Waals surface area (Å²) in [4.78, 5) is 15.7. The zero-order valence-corrected chi connectivity index (χ0v) is 32.2. The Hall–Kier alpha value is -8.15. The molecule has 13 aromatic rings. The minimum Gasteiger partial charge on any atom is -0.456 e. The predicted octanol–water partition coefficient (Wildman–Crippen LogP) is 14.5. The number of aromatic nitrogens is 4. The second-order valence-electron chi connectivity index (χ2n) is 15.6. The maximum Gasteiger partial charge on any atom is 0.164 e. The van der Waals surface area contributed by atoms with E-state index in [1.165, 1.54) is 21.5 Å². The number of hydrogen-bond acceptors (Lipinski definition) is 4. The molecule has 0 N–H and O–H groups in total. The zero-order chi connectivity index (χ0) is 39.3. The molecule has 13 rings (SSSR count). The van der Waals surface area contributed by atoms with Crippen molar-refractivity contribution in [1.29, 1.82) is 0 Å². The Morgan fingerprint density at radius 1 is 0.333 bits per heavy atom. The number of para-hydroxylation sites is 1. The molecular formula is C55H32N4O. The van der Waals surface area contributed by atoms with Crippen molar-refractivity contribution in [3.63, 3.8) is 0 Å². The highest BCUT2D eigenvalue weighted by Gasteiger charge is 2.21. The Morgan fingerprint density at radius 3 is 1.58 bits per heavy atom. The zero-order valence-electron chi connectivity index (χ0n) is 32.2. The van der Waals surface area contributed by atoms with Crippen LogP contribution in [0.3, 0.4) is 0 Å². The van der Waals surface area contributed by atoms with Crippen LogP contribution in [0, 0.1) is 0 Å². The molecular weight excluding hydrogens is 733 g/mol. The number of fused-ring (bicyclic) bond motifs is 11. The highest BCUT2D eigenvalue weighted by atomic mass is 16.3. The van der Waals surface area contributed by atoms with Gasteiger partial charge in [-0.1, -0.05) is 152 Å². The molecule has 0 unspecified atom stereocenters. The number of furan rings is 1. The molecule has 5 heteroatoms. The van der Waals surface area contributed by atoms with Crippen molar-refractivity contribution < 1.29 is 4.42 Å².